The van der Waals surface area contributed by atoms with Gasteiger partial charge in [-0.15, -0.1) is 11.3 Å². The number of fused-ring (bicyclic) bond motifs is 1. The van der Waals surface area contributed by atoms with Gasteiger partial charge in [0.1, 0.15) is 0 Å². The molecule has 23 heavy (non-hydrogen) atoms. The highest BCUT2D eigenvalue weighted by molar-refractivity contribution is 7.15. The maximum Gasteiger partial charge on any atom is 0.270 e. The van der Waals surface area contributed by atoms with Crippen molar-refractivity contribution in [1.29, 1.82) is 5.26 Å². The van der Waals surface area contributed by atoms with Gasteiger partial charge in [0.05, 0.1) is 16.4 Å². The van der Waals surface area contributed by atoms with Crippen molar-refractivity contribution in [3.8, 4) is 16.5 Å². The number of hydrogen-bond donors (Lipinski definition) is 0. The molecule has 118 valence electrons. The summed E-state index contributed by atoms with van der Waals surface area (Å²) in [5.41, 5.74) is 1.61. The van der Waals surface area contributed by atoms with E-state index in [1.807, 2.05) is 6.07 Å². The van der Waals surface area contributed by atoms with E-state index in [9.17, 15) is 15.4 Å². The summed E-state index contributed by atoms with van der Waals surface area (Å²) in [6.07, 6.45) is 0.903. The van der Waals surface area contributed by atoms with Gasteiger partial charge in [0.2, 0.25) is 0 Å². The molecule has 0 saturated carbocycles. The highest BCUT2D eigenvalue weighted by Gasteiger charge is 2.48. The van der Waals surface area contributed by atoms with Crippen molar-refractivity contribution in [2.24, 2.45) is 11.8 Å². The molecule has 0 N–H and O–H groups in total. The summed E-state index contributed by atoms with van der Waals surface area (Å²) in [6, 6.07) is 11.4. The van der Waals surface area contributed by atoms with Crippen LogP contribution in [-0.4, -0.2) is 4.92 Å². The molecule has 0 bridgehead atoms. The SMILES string of the molecule is CC(C)[C@@]1(C#N)c2cc(-c3cccc([N+](=O)[O-])c3)sc2C[C@@H]1C. The van der Waals surface area contributed by atoms with Crippen molar-refractivity contribution in [1.82, 2.24) is 0 Å². The van der Waals surface area contributed by atoms with E-state index in [2.05, 4.69) is 32.9 Å². The molecule has 3 rings (SSSR count). The Balaban J connectivity index is 2.10. The molecule has 5 heteroatoms. The Kier molecular flexibility index (Phi) is 3.73. The Morgan fingerprint density at radius 1 is 1.43 bits per heavy atom. The number of nitro groups is 1. The van der Waals surface area contributed by atoms with Gasteiger partial charge in [0, 0.05) is 21.9 Å². The van der Waals surface area contributed by atoms with Crippen LogP contribution in [0, 0.1) is 33.3 Å². The Morgan fingerprint density at radius 3 is 2.78 bits per heavy atom. The number of nitriles is 1. The normalized spacial score (nSPS) is 22.8. The van der Waals surface area contributed by atoms with Crippen LogP contribution in [0.3, 0.4) is 0 Å². The van der Waals surface area contributed by atoms with Gasteiger partial charge in [-0.1, -0.05) is 32.9 Å². The lowest BCUT2D eigenvalue weighted by molar-refractivity contribution is -0.384. The molecule has 4 nitrogen and oxygen atoms in total. The van der Waals surface area contributed by atoms with Gasteiger partial charge < -0.3 is 0 Å². The summed E-state index contributed by atoms with van der Waals surface area (Å²) in [6.45, 7) is 6.34. The van der Waals surface area contributed by atoms with Gasteiger partial charge in [-0.2, -0.15) is 5.26 Å². The van der Waals surface area contributed by atoms with Gasteiger partial charge in [-0.05, 0) is 35.4 Å². The minimum Gasteiger partial charge on any atom is -0.258 e. The Labute approximate surface area is 139 Å². The fourth-order valence-corrected chi connectivity index (χ4v) is 5.09. The predicted molar refractivity (Wildman–Crippen MR) is 91.4 cm³/mol. The first-order valence-electron chi connectivity index (χ1n) is 7.69. The summed E-state index contributed by atoms with van der Waals surface area (Å²) in [5.74, 6) is 0.532. The van der Waals surface area contributed by atoms with Gasteiger partial charge in [-0.25, -0.2) is 0 Å². The summed E-state index contributed by atoms with van der Waals surface area (Å²) in [7, 11) is 0. The van der Waals surface area contributed by atoms with E-state index in [1.54, 1.807) is 23.5 Å². The summed E-state index contributed by atoms with van der Waals surface area (Å²) < 4.78 is 0. The van der Waals surface area contributed by atoms with Crippen LogP contribution in [-0.2, 0) is 11.8 Å². The quantitative estimate of drug-likeness (QED) is 0.593. The number of nitrogens with zero attached hydrogens (tertiary/aromatic N) is 2. The van der Waals surface area contributed by atoms with Crippen LogP contribution in [0.25, 0.3) is 10.4 Å². The minimum atomic E-state index is -0.454. The fraction of sp³-hybridized carbons (Fsp3) is 0.389. The largest absolute Gasteiger partial charge is 0.270 e. The number of rotatable bonds is 3. The molecular weight excluding hydrogens is 308 g/mol. The number of hydrogen-bond acceptors (Lipinski definition) is 4. The zero-order valence-electron chi connectivity index (χ0n) is 13.4. The van der Waals surface area contributed by atoms with E-state index < -0.39 is 5.41 Å². The molecule has 0 amide bonds. The topological polar surface area (TPSA) is 66.9 Å². The number of nitro benzene ring substituents is 1. The summed E-state index contributed by atoms with van der Waals surface area (Å²) in [5, 5.41) is 20.8. The Bertz CT molecular complexity index is 819. The molecule has 0 spiro atoms. The monoisotopic (exact) mass is 326 g/mol. The number of thiophene rings is 1. The average Bonchev–Trinajstić information content (AvgIpc) is 3.03. The molecule has 1 heterocycles. The third-order valence-corrected chi connectivity index (χ3v) is 6.17. The lowest BCUT2D eigenvalue weighted by Gasteiger charge is -2.31. The molecule has 2 atom stereocenters. The molecular formula is C18H18N2O2S. The second-order valence-corrected chi connectivity index (χ2v) is 7.63. The Hall–Kier alpha value is -2.19. The lowest BCUT2D eigenvalue weighted by Crippen LogP contribution is -2.34. The van der Waals surface area contributed by atoms with Crippen molar-refractivity contribution < 1.29 is 4.92 Å². The van der Waals surface area contributed by atoms with Crippen LogP contribution in [0.5, 0.6) is 0 Å². The molecule has 0 aliphatic heterocycles. The molecule has 1 aliphatic carbocycles. The molecule has 0 saturated heterocycles. The molecule has 1 aromatic carbocycles. The first kappa shape index (κ1) is 15.7. The van der Waals surface area contributed by atoms with E-state index in [4.69, 9.17) is 0 Å². The van der Waals surface area contributed by atoms with Gasteiger partial charge in [0.25, 0.3) is 5.69 Å². The molecule has 0 fully saturated rings. The zero-order chi connectivity index (χ0) is 16.8. The maximum absolute atomic E-state index is 11.0. The van der Waals surface area contributed by atoms with Crippen LogP contribution in [0.1, 0.15) is 31.2 Å². The second-order valence-electron chi connectivity index (χ2n) is 6.50. The van der Waals surface area contributed by atoms with Crippen molar-refractivity contribution in [2.45, 2.75) is 32.6 Å². The molecule has 1 aliphatic rings. The van der Waals surface area contributed by atoms with Gasteiger partial charge >= 0.3 is 0 Å². The Morgan fingerprint density at radius 2 is 2.17 bits per heavy atom. The lowest BCUT2D eigenvalue weighted by atomic mass is 9.69. The smallest absolute Gasteiger partial charge is 0.258 e. The van der Waals surface area contributed by atoms with E-state index in [0.717, 1.165) is 22.4 Å². The van der Waals surface area contributed by atoms with Gasteiger partial charge in [-0.3, -0.25) is 10.1 Å². The van der Waals surface area contributed by atoms with Crippen molar-refractivity contribution in [2.75, 3.05) is 0 Å². The van der Waals surface area contributed by atoms with Crippen molar-refractivity contribution >= 4 is 17.0 Å². The second kappa shape index (κ2) is 5.47. The maximum atomic E-state index is 11.0. The zero-order valence-corrected chi connectivity index (χ0v) is 14.2. The third kappa shape index (κ3) is 2.25. The molecule has 2 aromatic rings. The number of benzene rings is 1. The number of non-ortho nitro benzene ring substituents is 1. The highest BCUT2D eigenvalue weighted by atomic mass is 32.1. The van der Waals surface area contributed by atoms with Crippen molar-refractivity contribution in [3.63, 3.8) is 0 Å². The third-order valence-electron chi connectivity index (χ3n) is 4.96. The molecule has 1 aromatic heterocycles. The predicted octanol–water partition coefficient (Wildman–Crippen LogP) is 4.93. The standard InChI is InChI=1S/C18H18N2O2S/c1-11(2)18(10-19)12(3)7-17-15(18)9-16(23-17)13-5-4-6-14(8-13)20(21)22/h4-6,8-9,11-12H,7H2,1-3H3/t12-,18+/m0/s1. The first-order chi connectivity index (χ1) is 10.9. The van der Waals surface area contributed by atoms with E-state index in [1.165, 1.54) is 10.9 Å². The van der Waals surface area contributed by atoms with Crippen LogP contribution < -0.4 is 0 Å². The average molecular weight is 326 g/mol. The van der Waals surface area contributed by atoms with Crippen LogP contribution in [0.15, 0.2) is 30.3 Å². The first-order valence-corrected chi connectivity index (χ1v) is 8.51. The van der Waals surface area contributed by atoms with Gasteiger partial charge in [0.15, 0.2) is 0 Å². The summed E-state index contributed by atoms with van der Waals surface area (Å²) >= 11 is 1.66. The molecule has 0 unspecified atom stereocenters. The van der Waals surface area contributed by atoms with Crippen LogP contribution >= 0.6 is 11.3 Å². The fourth-order valence-electron chi connectivity index (χ4n) is 3.73. The van der Waals surface area contributed by atoms with E-state index in [-0.39, 0.29) is 16.5 Å². The van der Waals surface area contributed by atoms with Crippen LogP contribution in [0.4, 0.5) is 5.69 Å². The highest BCUT2D eigenvalue weighted by Crippen LogP contribution is 2.52. The van der Waals surface area contributed by atoms with Crippen LogP contribution in [0.2, 0.25) is 0 Å². The minimum absolute atomic E-state index is 0.0971. The van der Waals surface area contributed by atoms with Crippen molar-refractivity contribution in [3.05, 3.63) is 50.9 Å². The summed E-state index contributed by atoms with van der Waals surface area (Å²) in [4.78, 5) is 12.8. The van der Waals surface area contributed by atoms with E-state index >= 15 is 0 Å². The van der Waals surface area contributed by atoms with E-state index in [0.29, 0.717) is 5.92 Å². The molecule has 0 radical (unpaired) electrons.